The molecule has 0 bridgehead atoms. The molecule has 2 rings (SSSR count). The average molecular weight is 259 g/mol. The minimum atomic E-state index is -0.597. The van der Waals surface area contributed by atoms with Gasteiger partial charge in [0.25, 0.3) is 5.91 Å². The Morgan fingerprint density at radius 1 is 1.37 bits per heavy atom. The number of benzene rings is 1. The van der Waals surface area contributed by atoms with Gasteiger partial charge in [0.2, 0.25) is 0 Å². The molecule has 19 heavy (non-hydrogen) atoms. The monoisotopic (exact) mass is 259 g/mol. The number of nitrogens with zero attached hydrogens (tertiary/aromatic N) is 1. The number of carbonyl (C=O) groups is 1. The summed E-state index contributed by atoms with van der Waals surface area (Å²) in [6, 6.07) is 9.00. The maximum atomic E-state index is 13.5. The lowest BCUT2D eigenvalue weighted by molar-refractivity contribution is 0.0935. The van der Waals surface area contributed by atoms with Crippen molar-refractivity contribution in [3.8, 4) is 0 Å². The van der Waals surface area contributed by atoms with Gasteiger partial charge in [0.1, 0.15) is 5.82 Å². The van der Waals surface area contributed by atoms with Gasteiger partial charge in [-0.15, -0.1) is 0 Å². The van der Waals surface area contributed by atoms with Gasteiger partial charge in [0, 0.05) is 11.9 Å². The van der Waals surface area contributed by atoms with E-state index in [1.165, 1.54) is 18.2 Å². The Morgan fingerprint density at radius 3 is 2.84 bits per heavy atom. The lowest BCUT2D eigenvalue weighted by Gasteiger charge is -2.13. The highest BCUT2D eigenvalue weighted by Crippen LogP contribution is 2.14. The topological polar surface area (TPSA) is 68.0 Å². The predicted molar refractivity (Wildman–Crippen MR) is 70.9 cm³/mol. The molecule has 1 aromatic carbocycles. The highest BCUT2D eigenvalue weighted by atomic mass is 19.1. The van der Waals surface area contributed by atoms with Crippen LogP contribution in [0.5, 0.6) is 0 Å². The molecule has 1 atom stereocenters. The highest BCUT2D eigenvalue weighted by Gasteiger charge is 2.15. The van der Waals surface area contributed by atoms with Crippen molar-refractivity contribution in [1.82, 2.24) is 10.3 Å². The maximum absolute atomic E-state index is 13.5. The first-order valence-corrected chi connectivity index (χ1v) is 5.84. The van der Waals surface area contributed by atoms with Crippen molar-refractivity contribution < 1.29 is 9.18 Å². The summed E-state index contributed by atoms with van der Waals surface area (Å²) in [6.07, 6.45) is 1.64. The SMILES string of the molecule is CC(NC(=O)c1cc(N)ccc1F)c1ccccn1. The van der Waals surface area contributed by atoms with E-state index in [4.69, 9.17) is 5.73 Å². The largest absolute Gasteiger partial charge is 0.399 e. The van der Waals surface area contributed by atoms with E-state index in [0.717, 1.165) is 0 Å². The van der Waals surface area contributed by atoms with Gasteiger partial charge in [-0.25, -0.2) is 4.39 Å². The van der Waals surface area contributed by atoms with Gasteiger partial charge in [-0.1, -0.05) is 6.07 Å². The van der Waals surface area contributed by atoms with Crippen molar-refractivity contribution in [2.45, 2.75) is 13.0 Å². The van der Waals surface area contributed by atoms with Crippen LogP contribution in [0, 0.1) is 5.82 Å². The van der Waals surface area contributed by atoms with E-state index < -0.39 is 11.7 Å². The van der Waals surface area contributed by atoms with Crippen molar-refractivity contribution in [3.05, 3.63) is 59.7 Å². The van der Waals surface area contributed by atoms with Crippen molar-refractivity contribution in [1.29, 1.82) is 0 Å². The van der Waals surface area contributed by atoms with Gasteiger partial charge in [-0.2, -0.15) is 0 Å². The van der Waals surface area contributed by atoms with Crippen LogP contribution in [-0.4, -0.2) is 10.9 Å². The van der Waals surface area contributed by atoms with Gasteiger partial charge in [-0.3, -0.25) is 9.78 Å². The summed E-state index contributed by atoms with van der Waals surface area (Å²) >= 11 is 0. The Balaban J connectivity index is 2.15. The van der Waals surface area contributed by atoms with Crippen LogP contribution in [0.15, 0.2) is 42.6 Å². The highest BCUT2D eigenvalue weighted by molar-refractivity contribution is 5.95. The second-order valence-corrected chi connectivity index (χ2v) is 4.19. The number of nitrogen functional groups attached to an aromatic ring is 1. The Kier molecular flexibility index (Phi) is 3.75. The van der Waals surface area contributed by atoms with Gasteiger partial charge >= 0.3 is 0 Å². The molecule has 0 saturated carbocycles. The van der Waals surface area contributed by atoms with Crippen molar-refractivity contribution in [3.63, 3.8) is 0 Å². The van der Waals surface area contributed by atoms with Crippen LogP contribution in [0.1, 0.15) is 29.0 Å². The normalized spacial score (nSPS) is 11.9. The van der Waals surface area contributed by atoms with Gasteiger partial charge in [-0.05, 0) is 37.3 Å². The van der Waals surface area contributed by atoms with E-state index in [9.17, 15) is 9.18 Å². The zero-order valence-corrected chi connectivity index (χ0v) is 10.4. The molecule has 1 unspecified atom stereocenters. The number of hydrogen-bond acceptors (Lipinski definition) is 3. The van der Waals surface area contributed by atoms with Crippen LogP contribution in [0.4, 0.5) is 10.1 Å². The Labute approximate surface area is 110 Å². The fourth-order valence-corrected chi connectivity index (χ4v) is 1.70. The van der Waals surface area contributed by atoms with Crippen molar-refractivity contribution in [2.75, 3.05) is 5.73 Å². The van der Waals surface area contributed by atoms with Crippen molar-refractivity contribution >= 4 is 11.6 Å². The maximum Gasteiger partial charge on any atom is 0.254 e. The molecule has 0 aliphatic rings. The average Bonchev–Trinajstić information content (AvgIpc) is 2.42. The summed E-state index contributed by atoms with van der Waals surface area (Å²) in [4.78, 5) is 16.1. The van der Waals surface area contributed by atoms with E-state index >= 15 is 0 Å². The summed E-state index contributed by atoms with van der Waals surface area (Å²) in [5.74, 6) is -1.11. The lowest BCUT2D eigenvalue weighted by Crippen LogP contribution is -2.28. The van der Waals surface area contributed by atoms with Crippen LogP contribution in [0.3, 0.4) is 0 Å². The first-order valence-electron chi connectivity index (χ1n) is 5.84. The molecule has 0 spiro atoms. The number of rotatable bonds is 3. The summed E-state index contributed by atoms with van der Waals surface area (Å²) in [5.41, 5.74) is 6.53. The smallest absolute Gasteiger partial charge is 0.254 e. The molecule has 0 saturated heterocycles. The Morgan fingerprint density at radius 2 is 2.16 bits per heavy atom. The van der Waals surface area contributed by atoms with E-state index in [1.54, 1.807) is 25.3 Å². The molecule has 3 N–H and O–H groups in total. The summed E-state index contributed by atoms with van der Waals surface area (Å²) in [6.45, 7) is 1.78. The van der Waals surface area contributed by atoms with Crippen LogP contribution in [0.2, 0.25) is 0 Å². The van der Waals surface area contributed by atoms with Gasteiger partial charge < -0.3 is 11.1 Å². The van der Waals surface area contributed by atoms with E-state index in [-0.39, 0.29) is 11.6 Å². The molecule has 1 aromatic heterocycles. The molecule has 4 nitrogen and oxygen atoms in total. The summed E-state index contributed by atoms with van der Waals surface area (Å²) < 4.78 is 13.5. The molecule has 0 radical (unpaired) electrons. The number of carbonyl (C=O) groups excluding carboxylic acids is 1. The number of pyridine rings is 1. The number of nitrogens with one attached hydrogen (secondary N) is 1. The quantitative estimate of drug-likeness (QED) is 0.831. The van der Waals surface area contributed by atoms with Crippen LogP contribution >= 0.6 is 0 Å². The number of amides is 1. The second kappa shape index (κ2) is 5.48. The third-order valence-corrected chi connectivity index (χ3v) is 2.71. The molecule has 1 heterocycles. The molecule has 0 aliphatic carbocycles. The van der Waals surface area contributed by atoms with E-state index in [0.29, 0.717) is 11.4 Å². The standard InChI is InChI=1S/C14H14FN3O/c1-9(13-4-2-3-7-17-13)18-14(19)11-8-10(16)5-6-12(11)15/h2-9H,16H2,1H3,(H,18,19). The third kappa shape index (κ3) is 3.07. The van der Waals surface area contributed by atoms with Crippen LogP contribution in [0.25, 0.3) is 0 Å². The molecule has 2 aromatic rings. The van der Waals surface area contributed by atoms with Gasteiger partial charge in [0.05, 0.1) is 17.3 Å². The first-order chi connectivity index (χ1) is 9.08. The predicted octanol–water partition coefficient (Wildman–Crippen LogP) is 2.29. The summed E-state index contributed by atoms with van der Waals surface area (Å²) in [5, 5.41) is 2.68. The zero-order chi connectivity index (χ0) is 13.8. The molecular formula is C14H14FN3O. The van der Waals surface area contributed by atoms with Crippen LogP contribution < -0.4 is 11.1 Å². The lowest BCUT2D eigenvalue weighted by atomic mass is 10.1. The van der Waals surface area contributed by atoms with E-state index in [1.807, 2.05) is 6.07 Å². The Hall–Kier alpha value is -2.43. The minimum absolute atomic E-state index is 0.0669. The first kappa shape index (κ1) is 13.0. The number of nitrogens with two attached hydrogens (primary N) is 1. The minimum Gasteiger partial charge on any atom is -0.399 e. The fraction of sp³-hybridized carbons (Fsp3) is 0.143. The molecule has 0 aliphatic heterocycles. The Bertz CT molecular complexity index is 586. The van der Waals surface area contributed by atoms with Crippen LogP contribution in [-0.2, 0) is 0 Å². The zero-order valence-electron chi connectivity index (χ0n) is 10.4. The molecule has 1 amide bonds. The number of anilines is 1. The molecule has 98 valence electrons. The molecule has 0 fully saturated rings. The van der Waals surface area contributed by atoms with E-state index in [2.05, 4.69) is 10.3 Å². The summed E-state index contributed by atoms with van der Waals surface area (Å²) in [7, 11) is 0. The molecular weight excluding hydrogens is 245 g/mol. The van der Waals surface area contributed by atoms with Crippen molar-refractivity contribution in [2.24, 2.45) is 0 Å². The number of aromatic nitrogens is 1. The third-order valence-electron chi connectivity index (χ3n) is 2.71. The fourth-order valence-electron chi connectivity index (χ4n) is 1.70. The second-order valence-electron chi connectivity index (χ2n) is 4.19. The van der Waals surface area contributed by atoms with Gasteiger partial charge in [0.15, 0.2) is 0 Å². The number of halogens is 1. The molecule has 5 heteroatoms. The number of hydrogen-bond donors (Lipinski definition) is 2.